The SMILES string of the molecule is CCOc1ccc2c(c1)S(=O)(=O)C/C2=N/OC(C)=O. The number of sulfone groups is 1. The summed E-state index contributed by atoms with van der Waals surface area (Å²) < 4.78 is 29.2. The molecule has 0 bridgehead atoms. The van der Waals surface area contributed by atoms with Crippen LogP contribution < -0.4 is 4.74 Å². The van der Waals surface area contributed by atoms with Crippen LogP contribution in [-0.4, -0.2) is 32.5 Å². The number of oxime groups is 1. The smallest absolute Gasteiger partial charge is 0.331 e. The fourth-order valence-corrected chi connectivity index (χ4v) is 3.33. The van der Waals surface area contributed by atoms with Crippen LogP contribution in [-0.2, 0) is 19.5 Å². The molecule has 2 rings (SSSR count). The maximum atomic E-state index is 12.0. The molecule has 0 fully saturated rings. The first-order valence-electron chi connectivity index (χ1n) is 5.68. The van der Waals surface area contributed by atoms with Crippen molar-refractivity contribution in [1.29, 1.82) is 0 Å². The molecule has 0 saturated heterocycles. The normalized spacial score (nSPS) is 18.1. The van der Waals surface area contributed by atoms with E-state index >= 15 is 0 Å². The van der Waals surface area contributed by atoms with Crippen molar-refractivity contribution in [3.05, 3.63) is 23.8 Å². The molecule has 7 heteroatoms. The van der Waals surface area contributed by atoms with Gasteiger partial charge in [0.25, 0.3) is 0 Å². The van der Waals surface area contributed by atoms with Gasteiger partial charge in [-0.15, -0.1) is 0 Å². The predicted octanol–water partition coefficient (Wildman–Crippen LogP) is 1.14. The minimum absolute atomic E-state index is 0.157. The Hall–Kier alpha value is -1.89. The zero-order valence-electron chi connectivity index (χ0n) is 10.5. The molecular formula is C12H13NO5S. The highest BCUT2D eigenvalue weighted by Crippen LogP contribution is 2.30. The Labute approximate surface area is 110 Å². The van der Waals surface area contributed by atoms with Gasteiger partial charge in [-0.1, -0.05) is 5.16 Å². The molecule has 0 N–H and O–H groups in total. The molecule has 1 aromatic carbocycles. The molecule has 0 unspecified atom stereocenters. The lowest BCUT2D eigenvalue weighted by Crippen LogP contribution is -2.07. The average Bonchev–Trinajstić information content (AvgIpc) is 2.59. The van der Waals surface area contributed by atoms with Crippen LogP contribution in [0.15, 0.2) is 28.3 Å². The fourth-order valence-electron chi connectivity index (χ4n) is 1.79. The summed E-state index contributed by atoms with van der Waals surface area (Å²) in [6.45, 7) is 3.47. The first kappa shape index (κ1) is 13.5. The van der Waals surface area contributed by atoms with Gasteiger partial charge in [0, 0.05) is 12.5 Å². The Balaban J connectivity index is 2.45. The number of rotatable bonds is 3. The summed E-state index contributed by atoms with van der Waals surface area (Å²) in [5.74, 6) is -0.381. The number of fused-ring (bicyclic) bond motifs is 1. The molecule has 0 atom stereocenters. The van der Waals surface area contributed by atoms with Crippen molar-refractivity contribution >= 4 is 21.5 Å². The lowest BCUT2D eigenvalue weighted by atomic mass is 10.1. The molecule has 1 heterocycles. The van der Waals surface area contributed by atoms with Crippen LogP contribution in [0.2, 0.25) is 0 Å². The number of carbonyl (C=O) groups excluding carboxylic acids is 1. The van der Waals surface area contributed by atoms with Crippen LogP contribution in [0.1, 0.15) is 19.4 Å². The minimum atomic E-state index is -3.45. The second-order valence-corrected chi connectivity index (χ2v) is 5.93. The highest BCUT2D eigenvalue weighted by atomic mass is 32.2. The molecule has 1 aromatic rings. The molecule has 0 radical (unpaired) electrons. The van der Waals surface area contributed by atoms with E-state index in [2.05, 4.69) is 9.99 Å². The van der Waals surface area contributed by atoms with E-state index in [1.54, 1.807) is 12.1 Å². The topological polar surface area (TPSA) is 82.0 Å². The van der Waals surface area contributed by atoms with E-state index in [9.17, 15) is 13.2 Å². The van der Waals surface area contributed by atoms with Crippen molar-refractivity contribution in [3.63, 3.8) is 0 Å². The Morgan fingerprint density at radius 2 is 2.16 bits per heavy atom. The third kappa shape index (κ3) is 2.76. The lowest BCUT2D eigenvalue weighted by Gasteiger charge is -2.04. The van der Waals surface area contributed by atoms with Gasteiger partial charge in [-0.05, 0) is 25.1 Å². The van der Waals surface area contributed by atoms with E-state index in [-0.39, 0.29) is 16.4 Å². The van der Waals surface area contributed by atoms with E-state index in [4.69, 9.17) is 4.74 Å². The molecule has 0 aliphatic carbocycles. The lowest BCUT2D eigenvalue weighted by molar-refractivity contribution is -0.140. The van der Waals surface area contributed by atoms with Crippen LogP contribution in [0.25, 0.3) is 0 Å². The van der Waals surface area contributed by atoms with E-state index < -0.39 is 15.8 Å². The van der Waals surface area contributed by atoms with Gasteiger partial charge in [0.15, 0.2) is 9.84 Å². The van der Waals surface area contributed by atoms with Crippen LogP contribution >= 0.6 is 0 Å². The largest absolute Gasteiger partial charge is 0.494 e. The van der Waals surface area contributed by atoms with Gasteiger partial charge in [-0.25, -0.2) is 13.2 Å². The number of benzene rings is 1. The maximum Gasteiger partial charge on any atom is 0.331 e. The van der Waals surface area contributed by atoms with Crippen molar-refractivity contribution < 1.29 is 22.8 Å². The number of hydrogen-bond donors (Lipinski definition) is 0. The van der Waals surface area contributed by atoms with E-state index in [0.717, 1.165) is 0 Å². The summed E-state index contributed by atoms with van der Waals surface area (Å²) in [6.07, 6.45) is 0. The standard InChI is InChI=1S/C12H13NO5S/c1-3-17-9-4-5-10-11(13-18-8(2)14)7-19(15,16)12(10)6-9/h4-6H,3,7H2,1-2H3/b13-11-. The second-order valence-electron chi connectivity index (χ2n) is 3.97. The van der Waals surface area contributed by atoms with Crippen LogP contribution in [0, 0.1) is 0 Å². The summed E-state index contributed by atoms with van der Waals surface area (Å²) in [6, 6.07) is 4.73. The molecule has 102 valence electrons. The Morgan fingerprint density at radius 3 is 2.79 bits per heavy atom. The number of carbonyl (C=O) groups is 1. The summed E-state index contributed by atoms with van der Waals surface area (Å²) in [7, 11) is -3.45. The van der Waals surface area contributed by atoms with E-state index in [0.29, 0.717) is 17.9 Å². The minimum Gasteiger partial charge on any atom is -0.494 e. The molecule has 1 aliphatic heterocycles. The quantitative estimate of drug-likeness (QED) is 0.613. The third-order valence-corrected chi connectivity index (χ3v) is 4.18. The Kier molecular flexibility index (Phi) is 3.57. The predicted molar refractivity (Wildman–Crippen MR) is 68.0 cm³/mol. The second kappa shape index (κ2) is 5.00. The molecule has 6 nitrogen and oxygen atoms in total. The van der Waals surface area contributed by atoms with Gasteiger partial charge in [0.2, 0.25) is 0 Å². The number of nitrogens with zero attached hydrogens (tertiary/aromatic N) is 1. The first-order valence-corrected chi connectivity index (χ1v) is 7.33. The number of ether oxygens (including phenoxy) is 1. The average molecular weight is 283 g/mol. The summed E-state index contributed by atoms with van der Waals surface area (Å²) in [5.41, 5.74) is 0.679. The first-order chi connectivity index (χ1) is 8.94. The van der Waals surface area contributed by atoms with Gasteiger partial charge in [-0.3, -0.25) is 0 Å². The highest BCUT2D eigenvalue weighted by Gasteiger charge is 2.32. The van der Waals surface area contributed by atoms with Gasteiger partial charge >= 0.3 is 5.97 Å². The Bertz CT molecular complexity index is 648. The zero-order valence-corrected chi connectivity index (χ0v) is 11.4. The van der Waals surface area contributed by atoms with Crippen molar-refractivity contribution in [3.8, 4) is 5.75 Å². The molecule has 0 aromatic heterocycles. The van der Waals surface area contributed by atoms with Crippen molar-refractivity contribution in [2.24, 2.45) is 5.16 Å². The summed E-state index contributed by atoms with van der Waals surface area (Å²) in [5, 5.41) is 3.58. The maximum absolute atomic E-state index is 12.0. The molecule has 0 saturated carbocycles. The van der Waals surface area contributed by atoms with Gasteiger partial charge < -0.3 is 9.57 Å². The van der Waals surface area contributed by atoms with Crippen molar-refractivity contribution in [2.75, 3.05) is 12.4 Å². The van der Waals surface area contributed by atoms with E-state index in [1.807, 2.05) is 6.92 Å². The van der Waals surface area contributed by atoms with Crippen LogP contribution in [0.3, 0.4) is 0 Å². The van der Waals surface area contributed by atoms with Crippen LogP contribution in [0.4, 0.5) is 0 Å². The monoisotopic (exact) mass is 283 g/mol. The molecular weight excluding hydrogens is 270 g/mol. The summed E-state index contributed by atoms with van der Waals surface area (Å²) in [4.78, 5) is 15.4. The van der Waals surface area contributed by atoms with Gasteiger partial charge in [0.1, 0.15) is 17.2 Å². The number of hydrogen-bond acceptors (Lipinski definition) is 6. The highest BCUT2D eigenvalue weighted by molar-refractivity contribution is 7.92. The molecule has 1 aliphatic rings. The third-order valence-electron chi connectivity index (χ3n) is 2.52. The molecule has 0 spiro atoms. The van der Waals surface area contributed by atoms with E-state index in [1.165, 1.54) is 13.0 Å². The zero-order chi connectivity index (χ0) is 14.0. The molecule has 19 heavy (non-hydrogen) atoms. The summed E-state index contributed by atoms with van der Waals surface area (Å²) >= 11 is 0. The van der Waals surface area contributed by atoms with Crippen LogP contribution in [0.5, 0.6) is 5.75 Å². The Morgan fingerprint density at radius 1 is 1.42 bits per heavy atom. The van der Waals surface area contributed by atoms with Gasteiger partial charge in [-0.2, -0.15) is 0 Å². The van der Waals surface area contributed by atoms with Gasteiger partial charge in [0.05, 0.1) is 11.5 Å². The molecule has 0 amide bonds. The van der Waals surface area contributed by atoms with Crippen molar-refractivity contribution in [1.82, 2.24) is 0 Å². The fraction of sp³-hybridized carbons (Fsp3) is 0.333. The van der Waals surface area contributed by atoms with Crippen molar-refractivity contribution in [2.45, 2.75) is 18.7 Å².